The van der Waals surface area contributed by atoms with Gasteiger partial charge in [-0.05, 0) is 47.0 Å². The fourth-order valence-electron chi connectivity index (χ4n) is 2.19. The number of anilines is 1. The molecule has 1 atom stereocenters. The van der Waals surface area contributed by atoms with Gasteiger partial charge in [0.15, 0.2) is 0 Å². The van der Waals surface area contributed by atoms with Crippen LogP contribution in [-0.2, 0) is 0 Å². The first-order valence-electron chi connectivity index (χ1n) is 5.95. The van der Waals surface area contributed by atoms with E-state index in [-0.39, 0.29) is 0 Å². The van der Waals surface area contributed by atoms with Gasteiger partial charge in [0, 0.05) is 30.1 Å². The Morgan fingerprint density at radius 2 is 2.31 bits per heavy atom. The molecule has 1 aromatic carbocycles. The van der Waals surface area contributed by atoms with Crippen LogP contribution in [0.5, 0.6) is 0 Å². The number of benzene rings is 1. The number of nitrogens with zero attached hydrogens (tertiary/aromatic N) is 1. The summed E-state index contributed by atoms with van der Waals surface area (Å²) >= 11 is 3.66. The standard InChI is InChI=1S/C13H19BrN2/c1-3-11-9-16(7-6-15-11)13-5-4-10(2)8-12(13)14/h4-5,8,11,15H,3,6-7,9H2,1-2H3. The second kappa shape index (κ2) is 5.19. The van der Waals surface area contributed by atoms with Gasteiger partial charge in [0.05, 0.1) is 5.69 Å². The van der Waals surface area contributed by atoms with Crippen LogP contribution >= 0.6 is 15.9 Å². The molecule has 1 aromatic rings. The van der Waals surface area contributed by atoms with Gasteiger partial charge in [-0.2, -0.15) is 0 Å². The Hall–Kier alpha value is -0.540. The second-order valence-corrected chi connectivity index (χ2v) is 5.31. The predicted octanol–water partition coefficient (Wildman–Crippen LogP) is 2.95. The molecule has 0 saturated carbocycles. The van der Waals surface area contributed by atoms with E-state index in [1.807, 2.05) is 0 Å². The van der Waals surface area contributed by atoms with Crippen molar-refractivity contribution in [1.82, 2.24) is 5.32 Å². The van der Waals surface area contributed by atoms with E-state index in [2.05, 4.69) is 58.2 Å². The Kier molecular flexibility index (Phi) is 3.87. The van der Waals surface area contributed by atoms with Gasteiger partial charge < -0.3 is 10.2 Å². The third-order valence-corrected chi connectivity index (χ3v) is 3.83. The maximum Gasteiger partial charge on any atom is 0.0511 e. The monoisotopic (exact) mass is 282 g/mol. The van der Waals surface area contributed by atoms with Crippen molar-refractivity contribution < 1.29 is 0 Å². The van der Waals surface area contributed by atoms with E-state index >= 15 is 0 Å². The average molecular weight is 283 g/mol. The van der Waals surface area contributed by atoms with Gasteiger partial charge >= 0.3 is 0 Å². The highest BCUT2D eigenvalue weighted by molar-refractivity contribution is 9.10. The van der Waals surface area contributed by atoms with Gasteiger partial charge in [-0.1, -0.05) is 13.0 Å². The molecule has 0 aromatic heterocycles. The van der Waals surface area contributed by atoms with Gasteiger partial charge in [0.1, 0.15) is 0 Å². The fourth-order valence-corrected chi connectivity index (χ4v) is 2.93. The van der Waals surface area contributed by atoms with E-state index in [4.69, 9.17) is 0 Å². The molecule has 1 unspecified atom stereocenters. The van der Waals surface area contributed by atoms with Crippen LogP contribution in [0.15, 0.2) is 22.7 Å². The summed E-state index contributed by atoms with van der Waals surface area (Å²) in [5.74, 6) is 0. The van der Waals surface area contributed by atoms with E-state index in [1.54, 1.807) is 0 Å². The highest BCUT2D eigenvalue weighted by atomic mass is 79.9. The van der Waals surface area contributed by atoms with Crippen LogP contribution in [0.1, 0.15) is 18.9 Å². The lowest BCUT2D eigenvalue weighted by Gasteiger charge is -2.35. The zero-order chi connectivity index (χ0) is 11.5. The normalized spacial score (nSPS) is 21.2. The summed E-state index contributed by atoms with van der Waals surface area (Å²) in [6.07, 6.45) is 1.19. The number of rotatable bonds is 2. The second-order valence-electron chi connectivity index (χ2n) is 4.46. The molecule has 0 amide bonds. The summed E-state index contributed by atoms with van der Waals surface area (Å²) < 4.78 is 1.21. The van der Waals surface area contributed by atoms with Crippen LogP contribution in [0.4, 0.5) is 5.69 Å². The molecule has 1 aliphatic rings. The molecule has 88 valence electrons. The molecule has 1 aliphatic heterocycles. The third-order valence-electron chi connectivity index (χ3n) is 3.19. The quantitative estimate of drug-likeness (QED) is 0.897. The minimum Gasteiger partial charge on any atom is -0.368 e. The molecule has 1 fully saturated rings. The lowest BCUT2D eigenvalue weighted by molar-refractivity contribution is 0.446. The summed E-state index contributed by atoms with van der Waals surface area (Å²) in [6.45, 7) is 7.65. The minimum atomic E-state index is 0.627. The molecule has 3 heteroatoms. The van der Waals surface area contributed by atoms with Gasteiger partial charge in [-0.25, -0.2) is 0 Å². The average Bonchev–Trinajstić information content (AvgIpc) is 2.29. The number of piperazine rings is 1. The van der Waals surface area contributed by atoms with Crippen LogP contribution in [-0.4, -0.2) is 25.7 Å². The van der Waals surface area contributed by atoms with Gasteiger partial charge in [0.25, 0.3) is 0 Å². The van der Waals surface area contributed by atoms with Crippen molar-refractivity contribution in [3.05, 3.63) is 28.2 Å². The molecule has 1 saturated heterocycles. The van der Waals surface area contributed by atoms with Crippen molar-refractivity contribution in [3.63, 3.8) is 0 Å². The van der Waals surface area contributed by atoms with Crippen LogP contribution in [0.2, 0.25) is 0 Å². The van der Waals surface area contributed by atoms with E-state index in [1.165, 1.54) is 22.1 Å². The highest BCUT2D eigenvalue weighted by Crippen LogP contribution is 2.28. The molecule has 1 heterocycles. The van der Waals surface area contributed by atoms with Crippen molar-refractivity contribution in [1.29, 1.82) is 0 Å². The predicted molar refractivity (Wildman–Crippen MR) is 73.2 cm³/mol. The molecular weight excluding hydrogens is 264 g/mol. The Morgan fingerprint density at radius 3 is 3.00 bits per heavy atom. The van der Waals surface area contributed by atoms with Crippen LogP contribution in [0, 0.1) is 6.92 Å². The highest BCUT2D eigenvalue weighted by Gasteiger charge is 2.19. The van der Waals surface area contributed by atoms with Crippen LogP contribution < -0.4 is 10.2 Å². The first-order valence-corrected chi connectivity index (χ1v) is 6.74. The number of halogens is 1. The Labute approximate surface area is 106 Å². The number of aryl methyl sites for hydroxylation is 1. The summed E-state index contributed by atoms with van der Waals surface area (Å²) in [4.78, 5) is 2.47. The molecule has 0 aliphatic carbocycles. The van der Waals surface area contributed by atoms with Crippen LogP contribution in [0.25, 0.3) is 0 Å². The van der Waals surface area contributed by atoms with Crippen molar-refractivity contribution in [2.24, 2.45) is 0 Å². The van der Waals surface area contributed by atoms with Gasteiger partial charge in [-0.3, -0.25) is 0 Å². The van der Waals surface area contributed by atoms with Crippen molar-refractivity contribution >= 4 is 21.6 Å². The van der Waals surface area contributed by atoms with Crippen LogP contribution in [0.3, 0.4) is 0 Å². The van der Waals surface area contributed by atoms with E-state index in [9.17, 15) is 0 Å². The largest absolute Gasteiger partial charge is 0.368 e. The minimum absolute atomic E-state index is 0.627. The topological polar surface area (TPSA) is 15.3 Å². The van der Waals surface area contributed by atoms with Gasteiger partial charge in [0.2, 0.25) is 0 Å². The van der Waals surface area contributed by atoms with E-state index in [0.29, 0.717) is 6.04 Å². The molecule has 0 spiro atoms. The zero-order valence-corrected chi connectivity index (χ0v) is 11.5. The molecule has 2 nitrogen and oxygen atoms in total. The summed E-state index contributed by atoms with van der Waals surface area (Å²) in [5.41, 5.74) is 2.63. The molecule has 2 rings (SSSR count). The molecule has 0 bridgehead atoms. The number of nitrogens with one attached hydrogen (secondary N) is 1. The molecule has 0 radical (unpaired) electrons. The Bertz CT molecular complexity index is 365. The number of hydrogen-bond donors (Lipinski definition) is 1. The summed E-state index contributed by atoms with van der Waals surface area (Å²) in [5, 5.41) is 3.54. The summed E-state index contributed by atoms with van der Waals surface area (Å²) in [6, 6.07) is 7.22. The Balaban J connectivity index is 2.16. The van der Waals surface area contributed by atoms with Gasteiger partial charge in [-0.15, -0.1) is 0 Å². The molecule has 16 heavy (non-hydrogen) atoms. The first kappa shape index (κ1) is 11.9. The fraction of sp³-hybridized carbons (Fsp3) is 0.538. The van der Waals surface area contributed by atoms with Crippen molar-refractivity contribution in [2.75, 3.05) is 24.5 Å². The number of hydrogen-bond acceptors (Lipinski definition) is 2. The smallest absolute Gasteiger partial charge is 0.0511 e. The molecule has 1 N–H and O–H groups in total. The lowest BCUT2D eigenvalue weighted by atomic mass is 10.1. The van der Waals surface area contributed by atoms with E-state index < -0.39 is 0 Å². The zero-order valence-electron chi connectivity index (χ0n) is 9.96. The van der Waals surface area contributed by atoms with Crippen molar-refractivity contribution in [3.8, 4) is 0 Å². The summed E-state index contributed by atoms with van der Waals surface area (Å²) in [7, 11) is 0. The first-order chi connectivity index (χ1) is 7.70. The molecular formula is C13H19BrN2. The third kappa shape index (κ3) is 2.58. The Morgan fingerprint density at radius 1 is 1.50 bits per heavy atom. The lowest BCUT2D eigenvalue weighted by Crippen LogP contribution is -2.50. The maximum absolute atomic E-state index is 3.66. The maximum atomic E-state index is 3.66. The van der Waals surface area contributed by atoms with Crippen molar-refractivity contribution in [2.45, 2.75) is 26.3 Å². The SMILES string of the molecule is CCC1CN(c2ccc(C)cc2Br)CCN1. The van der Waals surface area contributed by atoms with E-state index in [0.717, 1.165) is 19.6 Å².